The van der Waals surface area contributed by atoms with Gasteiger partial charge >= 0.3 is 6.03 Å². The molecule has 1 heterocycles. The molecule has 128 valence electrons. The first-order chi connectivity index (χ1) is 12.2. The molecule has 0 spiro atoms. The molecule has 1 aliphatic rings. The van der Waals surface area contributed by atoms with Gasteiger partial charge in [-0.2, -0.15) is 5.26 Å². The van der Waals surface area contributed by atoms with E-state index in [9.17, 15) is 9.18 Å². The smallest absolute Gasteiger partial charge is 0.321 e. The minimum Gasteiger partial charge on any atom is -0.322 e. The predicted molar refractivity (Wildman–Crippen MR) is 93.4 cm³/mol. The van der Waals surface area contributed by atoms with Crippen molar-refractivity contribution in [1.82, 2.24) is 9.80 Å². The van der Waals surface area contributed by atoms with Crippen LogP contribution in [0, 0.1) is 17.1 Å². The molecule has 0 unspecified atom stereocenters. The van der Waals surface area contributed by atoms with E-state index < -0.39 is 0 Å². The number of para-hydroxylation sites is 1. The number of benzene rings is 2. The number of urea groups is 1. The zero-order valence-electron chi connectivity index (χ0n) is 13.8. The molecular weight excluding hydrogens is 319 g/mol. The molecule has 2 aromatic carbocycles. The van der Waals surface area contributed by atoms with Gasteiger partial charge in [0.15, 0.2) is 0 Å². The second kappa shape index (κ2) is 7.77. The second-order valence-electron chi connectivity index (χ2n) is 5.98. The van der Waals surface area contributed by atoms with Crippen LogP contribution < -0.4 is 5.32 Å². The molecule has 1 aliphatic heterocycles. The van der Waals surface area contributed by atoms with Gasteiger partial charge in [-0.05, 0) is 29.8 Å². The average molecular weight is 338 g/mol. The normalized spacial score (nSPS) is 14.8. The topological polar surface area (TPSA) is 59.4 Å². The summed E-state index contributed by atoms with van der Waals surface area (Å²) < 4.78 is 13.0. The Kier molecular flexibility index (Phi) is 5.26. The number of anilines is 1. The number of piperazine rings is 1. The molecule has 5 nitrogen and oxygen atoms in total. The van der Waals surface area contributed by atoms with Gasteiger partial charge in [-0.3, -0.25) is 4.90 Å². The van der Waals surface area contributed by atoms with Crippen LogP contribution in [0.2, 0.25) is 0 Å². The highest BCUT2D eigenvalue weighted by atomic mass is 19.1. The van der Waals surface area contributed by atoms with Gasteiger partial charge in [0.1, 0.15) is 11.9 Å². The Morgan fingerprint density at radius 1 is 1.08 bits per heavy atom. The van der Waals surface area contributed by atoms with Crippen LogP contribution in [0.25, 0.3) is 0 Å². The fourth-order valence-corrected chi connectivity index (χ4v) is 2.84. The molecule has 2 amide bonds. The fraction of sp³-hybridized carbons (Fsp3) is 0.263. The zero-order chi connectivity index (χ0) is 17.6. The molecular formula is C19H19FN4O. The molecule has 0 saturated carbocycles. The number of carbonyl (C=O) groups excluding carboxylic acids is 1. The van der Waals surface area contributed by atoms with Crippen molar-refractivity contribution < 1.29 is 9.18 Å². The highest BCUT2D eigenvalue weighted by Crippen LogP contribution is 2.15. The number of nitrogens with zero attached hydrogens (tertiary/aromatic N) is 3. The molecule has 3 rings (SSSR count). The van der Waals surface area contributed by atoms with Crippen molar-refractivity contribution in [3.63, 3.8) is 0 Å². The lowest BCUT2D eigenvalue weighted by molar-refractivity contribution is 0.143. The standard InChI is InChI=1S/C19H19FN4O/c20-17-7-5-15(6-8-17)14-23-9-11-24(12-10-23)19(25)22-18-4-2-1-3-16(18)13-21/h1-8H,9-12,14H2,(H,22,25). The van der Waals surface area contributed by atoms with Crippen LogP contribution >= 0.6 is 0 Å². The lowest BCUT2D eigenvalue weighted by Crippen LogP contribution is -2.49. The average Bonchev–Trinajstić information content (AvgIpc) is 2.64. The number of nitriles is 1. The molecule has 0 radical (unpaired) electrons. The fourth-order valence-electron chi connectivity index (χ4n) is 2.84. The van der Waals surface area contributed by atoms with Gasteiger partial charge < -0.3 is 10.2 Å². The van der Waals surface area contributed by atoms with Crippen molar-refractivity contribution in [2.75, 3.05) is 31.5 Å². The van der Waals surface area contributed by atoms with Crippen molar-refractivity contribution in [1.29, 1.82) is 5.26 Å². The summed E-state index contributed by atoms with van der Waals surface area (Å²) in [5, 5.41) is 11.9. The van der Waals surface area contributed by atoms with Gasteiger partial charge in [-0.25, -0.2) is 9.18 Å². The van der Waals surface area contributed by atoms with E-state index in [1.54, 1.807) is 41.3 Å². The molecule has 1 saturated heterocycles. The number of amides is 2. The van der Waals surface area contributed by atoms with Gasteiger partial charge in [0.2, 0.25) is 0 Å². The molecule has 6 heteroatoms. The molecule has 0 atom stereocenters. The Bertz CT molecular complexity index is 777. The first-order valence-electron chi connectivity index (χ1n) is 8.17. The van der Waals surface area contributed by atoms with Gasteiger partial charge in [0, 0.05) is 32.7 Å². The van der Waals surface area contributed by atoms with E-state index in [1.807, 2.05) is 0 Å². The van der Waals surface area contributed by atoms with Gasteiger partial charge in [0.25, 0.3) is 0 Å². The maximum absolute atomic E-state index is 13.0. The van der Waals surface area contributed by atoms with Crippen LogP contribution in [0.15, 0.2) is 48.5 Å². The van der Waals surface area contributed by atoms with Crippen molar-refractivity contribution in [3.8, 4) is 6.07 Å². The Labute approximate surface area is 146 Å². The van der Waals surface area contributed by atoms with Crippen LogP contribution in [0.4, 0.5) is 14.9 Å². The van der Waals surface area contributed by atoms with E-state index >= 15 is 0 Å². The van der Waals surface area contributed by atoms with E-state index in [2.05, 4.69) is 16.3 Å². The lowest BCUT2D eigenvalue weighted by Gasteiger charge is -2.34. The van der Waals surface area contributed by atoms with Crippen LogP contribution in [-0.2, 0) is 6.54 Å². The Balaban J connectivity index is 1.52. The van der Waals surface area contributed by atoms with E-state index in [-0.39, 0.29) is 11.8 Å². The molecule has 0 aromatic heterocycles. The summed E-state index contributed by atoms with van der Waals surface area (Å²) in [6, 6.07) is 15.3. The van der Waals surface area contributed by atoms with Crippen LogP contribution in [0.5, 0.6) is 0 Å². The minimum absolute atomic E-state index is 0.191. The maximum Gasteiger partial charge on any atom is 0.321 e. The highest BCUT2D eigenvalue weighted by Gasteiger charge is 2.21. The van der Waals surface area contributed by atoms with E-state index in [1.165, 1.54) is 12.1 Å². The SMILES string of the molecule is N#Cc1ccccc1NC(=O)N1CCN(Cc2ccc(F)cc2)CC1. The van der Waals surface area contributed by atoms with Crippen LogP contribution in [-0.4, -0.2) is 42.0 Å². The second-order valence-corrected chi connectivity index (χ2v) is 5.98. The summed E-state index contributed by atoms with van der Waals surface area (Å²) >= 11 is 0. The Morgan fingerprint density at radius 3 is 2.44 bits per heavy atom. The minimum atomic E-state index is -0.233. The monoisotopic (exact) mass is 338 g/mol. The lowest BCUT2D eigenvalue weighted by atomic mass is 10.2. The first-order valence-corrected chi connectivity index (χ1v) is 8.17. The molecule has 25 heavy (non-hydrogen) atoms. The molecule has 1 N–H and O–H groups in total. The number of hydrogen-bond donors (Lipinski definition) is 1. The van der Waals surface area contributed by atoms with Crippen LogP contribution in [0.1, 0.15) is 11.1 Å². The Morgan fingerprint density at radius 2 is 1.76 bits per heavy atom. The third kappa shape index (κ3) is 4.34. The number of nitrogens with one attached hydrogen (secondary N) is 1. The Hall–Kier alpha value is -2.91. The third-order valence-corrected chi connectivity index (χ3v) is 4.27. The number of halogens is 1. The van der Waals surface area contributed by atoms with Gasteiger partial charge in [0.05, 0.1) is 11.3 Å². The number of hydrogen-bond acceptors (Lipinski definition) is 3. The van der Waals surface area contributed by atoms with Crippen molar-refractivity contribution in [3.05, 3.63) is 65.5 Å². The summed E-state index contributed by atoms with van der Waals surface area (Å²) in [5.74, 6) is -0.233. The summed E-state index contributed by atoms with van der Waals surface area (Å²) in [7, 11) is 0. The van der Waals surface area contributed by atoms with Crippen LogP contribution in [0.3, 0.4) is 0 Å². The van der Waals surface area contributed by atoms with E-state index in [4.69, 9.17) is 5.26 Å². The van der Waals surface area contributed by atoms with E-state index in [0.29, 0.717) is 24.3 Å². The van der Waals surface area contributed by atoms with Crippen molar-refractivity contribution in [2.24, 2.45) is 0 Å². The quantitative estimate of drug-likeness (QED) is 0.936. The van der Waals surface area contributed by atoms with Gasteiger partial charge in [-0.15, -0.1) is 0 Å². The zero-order valence-corrected chi connectivity index (χ0v) is 13.8. The van der Waals surface area contributed by atoms with Gasteiger partial charge in [-0.1, -0.05) is 24.3 Å². The highest BCUT2D eigenvalue weighted by molar-refractivity contribution is 5.90. The molecule has 0 bridgehead atoms. The molecule has 2 aromatic rings. The third-order valence-electron chi connectivity index (χ3n) is 4.27. The largest absolute Gasteiger partial charge is 0.322 e. The summed E-state index contributed by atoms with van der Waals surface area (Å²) in [4.78, 5) is 16.4. The summed E-state index contributed by atoms with van der Waals surface area (Å²) in [6.45, 7) is 3.48. The number of rotatable bonds is 3. The molecule has 0 aliphatic carbocycles. The number of carbonyl (C=O) groups is 1. The van der Waals surface area contributed by atoms with E-state index in [0.717, 1.165) is 25.2 Å². The van der Waals surface area contributed by atoms with Crippen molar-refractivity contribution in [2.45, 2.75) is 6.54 Å². The first kappa shape index (κ1) is 16.9. The summed E-state index contributed by atoms with van der Waals surface area (Å²) in [6.07, 6.45) is 0. The predicted octanol–water partition coefficient (Wildman–Crippen LogP) is 3.05. The maximum atomic E-state index is 13.0. The summed E-state index contributed by atoms with van der Waals surface area (Å²) in [5.41, 5.74) is 2.04. The molecule has 1 fully saturated rings. The van der Waals surface area contributed by atoms with Crippen molar-refractivity contribution >= 4 is 11.7 Å².